The first kappa shape index (κ1) is 26.3. The third-order valence-electron chi connectivity index (χ3n) is 4.57. The van der Waals surface area contributed by atoms with Crippen molar-refractivity contribution in [3.8, 4) is 0 Å². The molecule has 3 aromatic rings. The molecule has 0 unspecified atom stereocenters. The molecule has 0 heterocycles. The molecular formula is C21H14BrF6N3O3S. The van der Waals surface area contributed by atoms with Crippen molar-refractivity contribution in [3.05, 3.63) is 82.3 Å². The number of hydrogen-bond donors (Lipinski definition) is 2. The molecule has 186 valence electrons. The second kappa shape index (κ2) is 9.41. The lowest BCUT2D eigenvalue weighted by atomic mass is 10.1. The largest absolute Gasteiger partial charge is 0.416 e. The van der Waals surface area contributed by atoms with Crippen molar-refractivity contribution in [2.75, 3.05) is 9.62 Å². The number of alkyl halides is 6. The molecule has 0 radical (unpaired) electrons. The fourth-order valence-electron chi connectivity index (χ4n) is 3.04. The van der Waals surface area contributed by atoms with Crippen LogP contribution in [0.15, 0.2) is 76.1 Å². The van der Waals surface area contributed by atoms with Crippen LogP contribution >= 0.6 is 15.9 Å². The van der Waals surface area contributed by atoms with Crippen molar-refractivity contribution >= 4 is 49.0 Å². The lowest BCUT2D eigenvalue weighted by molar-refractivity contribution is -0.143. The van der Waals surface area contributed by atoms with Crippen LogP contribution in [0.1, 0.15) is 11.1 Å². The normalized spacial score (nSPS) is 12.3. The second-order valence-corrected chi connectivity index (χ2v) is 9.53. The van der Waals surface area contributed by atoms with E-state index in [0.717, 1.165) is 11.0 Å². The average Bonchev–Trinajstić information content (AvgIpc) is 2.74. The lowest BCUT2D eigenvalue weighted by Gasteiger charge is -2.25. The Hall–Kier alpha value is -3.26. The van der Waals surface area contributed by atoms with E-state index in [2.05, 4.69) is 15.9 Å². The van der Waals surface area contributed by atoms with Crippen molar-refractivity contribution < 1.29 is 39.6 Å². The Bertz CT molecular complexity index is 1340. The number of para-hydroxylation sites is 3. The van der Waals surface area contributed by atoms with Gasteiger partial charge in [-0.25, -0.2) is 13.2 Å². The van der Waals surface area contributed by atoms with E-state index in [9.17, 15) is 39.6 Å². The molecule has 0 bridgehead atoms. The minimum absolute atomic E-state index is 0.0832. The highest BCUT2D eigenvalue weighted by Crippen LogP contribution is 2.39. The van der Waals surface area contributed by atoms with Gasteiger partial charge in [0.25, 0.3) is 10.0 Å². The van der Waals surface area contributed by atoms with Crippen LogP contribution in [-0.4, -0.2) is 14.4 Å². The van der Waals surface area contributed by atoms with Crippen molar-refractivity contribution in [1.82, 2.24) is 0 Å². The standard InChI is InChI=1S/C21H14BrF6N3O3S/c22-15-5-1-3-7-17(15)31(19(29)32)18-8-4-2-6-16(18)30-35(33,34)14-10-12(20(23,24)25)9-13(11-14)21(26,27)28/h1-11,30H,(H2,29,32). The summed E-state index contributed by atoms with van der Waals surface area (Å²) in [6, 6.07) is 10.4. The molecule has 0 aliphatic carbocycles. The number of rotatable bonds is 5. The number of nitrogens with zero attached hydrogens (tertiary/aromatic N) is 1. The quantitative estimate of drug-likeness (QED) is 0.337. The minimum Gasteiger partial charge on any atom is -0.351 e. The SMILES string of the molecule is NC(=O)N(c1ccccc1Br)c1ccccc1NS(=O)(=O)c1cc(C(F)(F)F)cc(C(F)(F)F)c1. The minimum atomic E-state index is -5.24. The Morgan fingerprint density at radius 3 is 1.80 bits per heavy atom. The molecule has 3 aromatic carbocycles. The summed E-state index contributed by atoms with van der Waals surface area (Å²) in [5, 5.41) is 0. The van der Waals surface area contributed by atoms with Gasteiger partial charge >= 0.3 is 18.4 Å². The molecule has 0 saturated heterocycles. The molecule has 0 spiro atoms. The Morgan fingerprint density at radius 2 is 1.31 bits per heavy atom. The summed E-state index contributed by atoms with van der Waals surface area (Å²) < 4.78 is 107. The first-order valence-corrected chi connectivity index (χ1v) is 11.6. The zero-order valence-electron chi connectivity index (χ0n) is 17.2. The third-order valence-corrected chi connectivity index (χ3v) is 6.59. The number of nitrogens with two attached hydrogens (primary N) is 1. The summed E-state index contributed by atoms with van der Waals surface area (Å²) in [5.74, 6) is 0. The molecule has 0 aliphatic heterocycles. The van der Waals surface area contributed by atoms with Gasteiger partial charge in [0, 0.05) is 4.47 Å². The predicted octanol–water partition coefficient (Wildman–Crippen LogP) is 6.50. The number of carbonyl (C=O) groups is 1. The van der Waals surface area contributed by atoms with E-state index in [1.54, 1.807) is 18.2 Å². The van der Waals surface area contributed by atoms with Gasteiger partial charge in [-0.3, -0.25) is 9.62 Å². The number of halogens is 7. The summed E-state index contributed by atoms with van der Waals surface area (Å²) in [4.78, 5) is 11.9. The fraction of sp³-hybridized carbons (Fsp3) is 0.0952. The number of hydrogen-bond acceptors (Lipinski definition) is 3. The number of benzene rings is 3. The molecule has 2 amide bonds. The smallest absolute Gasteiger partial charge is 0.351 e. The van der Waals surface area contributed by atoms with Crippen molar-refractivity contribution in [2.24, 2.45) is 5.73 Å². The van der Waals surface area contributed by atoms with Crippen LogP contribution in [0.5, 0.6) is 0 Å². The van der Waals surface area contributed by atoms with Crippen LogP contribution in [0, 0.1) is 0 Å². The van der Waals surface area contributed by atoms with Crippen molar-refractivity contribution in [3.63, 3.8) is 0 Å². The van der Waals surface area contributed by atoms with Gasteiger partial charge in [0.2, 0.25) is 0 Å². The summed E-state index contributed by atoms with van der Waals surface area (Å²) in [6.45, 7) is 0. The number of urea groups is 1. The van der Waals surface area contributed by atoms with Crippen LogP contribution in [0.2, 0.25) is 0 Å². The Labute approximate surface area is 203 Å². The topological polar surface area (TPSA) is 92.5 Å². The van der Waals surface area contributed by atoms with Gasteiger partial charge in [0.15, 0.2) is 0 Å². The number of anilines is 3. The fourth-order valence-corrected chi connectivity index (χ4v) is 4.65. The molecule has 35 heavy (non-hydrogen) atoms. The Morgan fingerprint density at radius 1 is 0.829 bits per heavy atom. The van der Waals surface area contributed by atoms with Gasteiger partial charge in [0.1, 0.15) is 0 Å². The Balaban J connectivity index is 2.14. The van der Waals surface area contributed by atoms with E-state index in [1.807, 2.05) is 4.72 Å². The number of sulfonamides is 1. The summed E-state index contributed by atoms with van der Waals surface area (Å²) in [7, 11) is -4.99. The summed E-state index contributed by atoms with van der Waals surface area (Å²) in [6.07, 6.45) is -10.5. The van der Waals surface area contributed by atoms with Gasteiger partial charge in [-0.2, -0.15) is 26.3 Å². The number of carbonyl (C=O) groups excluding carboxylic acids is 1. The number of nitrogens with one attached hydrogen (secondary N) is 1. The van der Waals surface area contributed by atoms with E-state index in [4.69, 9.17) is 5.73 Å². The molecule has 0 atom stereocenters. The zero-order valence-corrected chi connectivity index (χ0v) is 19.6. The summed E-state index contributed by atoms with van der Waals surface area (Å²) >= 11 is 3.24. The first-order valence-electron chi connectivity index (χ1n) is 9.36. The van der Waals surface area contributed by atoms with Crippen molar-refractivity contribution in [1.29, 1.82) is 0 Å². The maximum atomic E-state index is 13.2. The molecule has 0 saturated carbocycles. The number of amides is 2. The van der Waals surface area contributed by atoms with E-state index in [-0.39, 0.29) is 35.3 Å². The van der Waals surface area contributed by atoms with Crippen LogP contribution in [0.4, 0.5) is 48.2 Å². The van der Waals surface area contributed by atoms with E-state index in [0.29, 0.717) is 4.47 Å². The van der Waals surface area contributed by atoms with Crippen LogP contribution in [0.3, 0.4) is 0 Å². The monoisotopic (exact) mass is 581 g/mol. The van der Waals surface area contributed by atoms with Gasteiger partial charge in [-0.15, -0.1) is 0 Å². The predicted molar refractivity (Wildman–Crippen MR) is 120 cm³/mol. The van der Waals surface area contributed by atoms with Gasteiger partial charge < -0.3 is 5.73 Å². The highest BCUT2D eigenvalue weighted by molar-refractivity contribution is 9.10. The van der Waals surface area contributed by atoms with Gasteiger partial charge in [-0.05, 0) is 58.4 Å². The molecular weight excluding hydrogens is 568 g/mol. The lowest BCUT2D eigenvalue weighted by Crippen LogP contribution is -2.32. The average molecular weight is 582 g/mol. The molecule has 3 rings (SSSR count). The van der Waals surface area contributed by atoms with E-state index in [1.165, 1.54) is 24.3 Å². The van der Waals surface area contributed by atoms with E-state index >= 15 is 0 Å². The first-order chi connectivity index (χ1) is 16.1. The second-order valence-electron chi connectivity index (χ2n) is 6.99. The van der Waals surface area contributed by atoms with E-state index < -0.39 is 44.4 Å². The molecule has 14 heteroatoms. The maximum Gasteiger partial charge on any atom is 0.416 e. The summed E-state index contributed by atoms with van der Waals surface area (Å²) in [5.41, 5.74) is 1.64. The third kappa shape index (κ3) is 5.88. The number of primary amides is 1. The molecule has 0 aromatic heterocycles. The highest BCUT2D eigenvalue weighted by Gasteiger charge is 2.38. The van der Waals surface area contributed by atoms with Crippen LogP contribution in [-0.2, 0) is 22.4 Å². The Kier molecular flexibility index (Phi) is 7.09. The molecule has 0 aliphatic rings. The zero-order chi connectivity index (χ0) is 26.2. The molecule has 3 N–H and O–H groups in total. The van der Waals surface area contributed by atoms with Gasteiger partial charge in [-0.1, -0.05) is 24.3 Å². The van der Waals surface area contributed by atoms with Crippen LogP contribution in [0.25, 0.3) is 0 Å². The maximum absolute atomic E-state index is 13.2. The molecule has 0 fully saturated rings. The van der Waals surface area contributed by atoms with Gasteiger partial charge in [0.05, 0.1) is 33.1 Å². The molecule has 6 nitrogen and oxygen atoms in total. The highest BCUT2D eigenvalue weighted by atomic mass is 79.9. The van der Waals surface area contributed by atoms with Crippen molar-refractivity contribution in [2.45, 2.75) is 17.2 Å². The van der Waals surface area contributed by atoms with Crippen LogP contribution < -0.4 is 15.4 Å².